The Bertz CT molecular complexity index is 3410. The van der Waals surface area contributed by atoms with E-state index in [9.17, 15) is 25.1 Å². The van der Waals surface area contributed by atoms with Crippen LogP contribution in [0.25, 0.3) is 11.1 Å². The zero-order valence-electron chi connectivity index (χ0n) is 41.4. The summed E-state index contributed by atoms with van der Waals surface area (Å²) >= 11 is 13.8. The molecule has 8 rings (SSSR count). The molecule has 0 fully saturated rings. The molecule has 384 valence electrons. The maximum absolute atomic E-state index is 12.4. The fourth-order valence-corrected chi connectivity index (χ4v) is 9.00. The molecule has 8 aromatic rings. The van der Waals surface area contributed by atoms with Crippen molar-refractivity contribution in [2.45, 2.75) is 65.4 Å². The molecule has 0 unspecified atom stereocenters. The van der Waals surface area contributed by atoms with Crippen LogP contribution in [0.3, 0.4) is 0 Å². The number of benzene rings is 6. The van der Waals surface area contributed by atoms with Crippen molar-refractivity contribution < 1.29 is 38.7 Å². The minimum atomic E-state index is -1.04. The molecule has 6 aromatic carbocycles. The van der Waals surface area contributed by atoms with Crippen molar-refractivity contribution in [3.05, 3.63) is 235 Å². The van der Waals surface area contributed by atoms with E-state index in [-0.39, 0.29) is 39.5 Å². The number of aromatic nitrogens is 2. The highest BCUT2D eigenvalue weighted by Crippen LogP contribution is 2.38. The molecule has 2 atom stereocenters. The summed E-state index contributed by atoms with van der Waals surface area (Å²) < 4.78 is 25.5. The molecule has 0 radical (unpaired) electrons. The van der Waals surface area contributed by atoms with Gasteiger partial charge in [0, 0.05) is 84.0 Å². The quantitative estimate of drug-likeness (QED) is 0.0357. The van der Waals surface area contributed by atoms with Gasteiger partial charge in [0.1, 0.15) is 67.6 Å². The topological polar surface area (TPSA) is 209 Å². The molecule has 0 saturated heterocycles. The zero-order valence-corrected chi connectivity index (χ0v) is 42.9. The van der Waals surface area contributed by atoms with E-state index in [1.165, 1.54) is 12.4 Å². The fraction of sp³-hybridized carbons (Fsp3) is 0.167. The molecule has 2 heterocycles. The molecule has 5 N–H and O–H groups in total. The Hall–Kier alpha value is -8.58. The average Bonchev–Trinajstić information content (AvgIpc) is 3.43. The van der Waals surface area contributed by atoms with E-state index in [1.54, 1.807) is 104 Å². The SMILES string of the molecule is Cc1c(COc2cc(OCc3cncc(C#N)c3)c(CN[C@H](C(=O)O)c3ccccc3)cc2Cl)cccc1-c1cccc(COc2cc(OCc3cncc(C=N)c3)c(CN[C@H](C(=O)O)c3ccccc3)cc2Cl)c1C. The molecule has 0 bridgehead atoms. The van der Waals surface area contributed by atoms with Crippen LogP contribution in [-0.4, -0.2) is 38.3 Å². The summed E-state index contributed by atoms with van der Waals surface area (Å²) in [7, 11) is 0. The van der Waals surface area contributed by atoms with E-state index >= 15 is 0 Å². The summed E-state index contributed by atoms with van der Waals surface area (Å²) in [6, 6.07) is 40.2. The third kappa shape index (κ3) is 13.6. The van der Waals surface area contributed by atoms with Crippen molar-refractivity contribution in [3.8, 4) is 40.2 Å². The maximum Gasteiger partial charge on any atom is 0.325 e. The van der Waals surface area contributed by atoms with Gasteiger partial charge in [0.05, 0.1) is 15.6 Å². The van der Waals surface area contributed by atoms with E-state index in [0.29, 0.717) is 72.0 Å². The molecular weight excluding hydrogens is 1000 g/mol. The van der Waals surface area contributed by atoms with Crippen LogP contribution >= 0.6 is 23.2 Å². The molecule has 2 aromatic heterocycles. The van der Waals surface area contributed by atoms with Crippen molar-refractivity contribution in [2.24, 2.45) is 0 Å². The molecule has 0 saturated carbocycles. The summed E-state index contributed by atoms with van der Waals surface area (Å²) in [6.45, 7) is 4.79. The third-order valence-corrected chi connectivity index (χ3v) is 13.2. The third-order valence-electron chi connectivity index (χ3n) is 12.6. The van der Waals surface area contributed by atoms with Crippen molar-refractivity contribution in [1.29, 1.82) is 10.7 Å². The Balaban J connectivity index is 1.00. The number of carboxylic acid groups (broad SMARTS) is 2. The summed E-state index contributed by atoms with van der Waals surface area (Å²) in [5.74, 6) is -0.530. The number of hydrogen-bond acceptors (Lipinski definition) is 12. The smallest absolute Gasteiger partial charge is 0.325 e. The highest BCUT2D eigenvalue weighted by atomic mass is 35.5. The largest absolute Gasteiger partial charge is 0.488 e. The number of rotatable bonds is 24. The standard InChI is InChI=1S/C60H52Cl2N6O8/c1-37-45(35-75-55-23-53(73-33-41-19-39(25-63)27-65-29-41)47(21-51(55)61)31-67-57(59(69)70)43-11-5-3-6-12-43)15-9-17-49(37)50-18-10-16-46(38(50)2)36-76-56-24-54(74-34-42-20-40(26-64)28-66-30-42)48(22-52(56)62)32-68-58(60(71)72)44-13-7-4-8-14-44/h3-25,27-30,57-58,63,67-68H,31-36H2,1-2H3,(H,69,70)(H,71,72)/t57-,58-/m0/s1. The molecular formula is C60H52Cl2N6O8. The normalized spacial score (nSPS) is 11.7. The number of nitrogens with one attached hydrogen (secondary N) is 3. The van der Waals surface area contributed by atoms with Crippen LogP contribution in [0.1, 0.15) is 78.8 Å². The predicted octanol–water partition coefficient (Wildman–Crippen LogP) is 12.1. The van der Waals surface area contributed by atoms with Gasteiger partial charge in [-0.15, -0.1) is 0 Å². The Labute approximate surface area is 450 Å². The van der Waals surface area contributed by atoms with Crippen LogP contribution in [0.4, 0.5) is 0 Å². The fourth-order valence-electron chi connectivity index (χ4n) is 8.52. The molecule has 14 nitrogen and oxygen atoms in total. The lowest BCUT2D eigenvalue weighted by molar-refractivity contribution is -0.140. The van der Waals surface area contributed by atoms with Gasteiger partial charge in [-0.05, 0) is 82.6 Å². The number of aliphatic carboxylic acids is 2. The van der Waals surface area contributed by atoms with Crippen LogP contribution in [0, 0.1) is 30.6 Å². The van der Waals surface area contributed by atoms with Crippen LogP contribution in [0.2, 0.25) is 10.0 Å². The molecule has 0 amide bonds. The first-order chi connectivity index (χ1) is 36.9. The van der Waals surface area contributed by atoms with Crippen molar-refractivity contribution >= 4 is 41.4 Å². The van der Waals surface area contributed by atoms with Crippen molar-refractivity contribution in [1.82, 2.24) is 20.6 Å². The van der Waals surface area contributed by atoms with Gasteiger partial charge in [-0.2, -0.15) is 5.26 Å². The molecule has 0 aliphatic carbocycles. The average molecular weight is 1060 g/mol. The first kappa shape index (κ1) is 53.7. The predicted molar refractivity (Wildman–Crippen MR) is 290 cm³/mol. The van der Waals surface area contributed by atoms with Gasteiger partial charge in [0.25, 0.3) is 0 Å². The highest BCUT2D eigenvalue weighted by Gasteiger charge is 2.23. The number of nitrogens with zero attached hydrogens (tertiary/aromatic N) is 3. The Morgan fingerprint density at radius 2 is 1.03 bits per heavy atom. The number of carbonyl (C=O) groups is 2. The molecule has 16 heteroatoms. The molecule has 76 heavy (non-hydrogen) atoms. The molecule has 0 spiro atoms. The van der Waals surface area contributed by atoms with E-state index in [2.05, 4.69) is 38.8 Å². The van der Waals surface area contributed by atoms with Crippen molar-refractivity contribution in [3.63, 3.8) is 0 Å². The summed E-state index contributed by atoms with van der Waals surface area (Å²) in [6.07, 6.45) is 7.52. The second-order valence-corrected chi connectivity index (χ2v) is 18.5. The Kier molecular flexibility index (Phi) is 18.1. The van der Waals surface area contributed by atoms with E-state index in [1.807, 2.05) is 50.2 Å². The Morgan fingerprint density at radius 3 is 1.47 bits per heavy atom. The zero-order chi connectivity index (χ0) is 53.6. The lowest BCUT2D eigenvalue weighted by Crippen LogP contribution is -2.28. The van der Waals surface area contributed by atoms with Gasteiger partial charge >= 0.3 is 11.9 Å². The van der Waals surface area contributed by atoms with Crippen LogP contribution in [-0.2, 0) is 49.1 Å². The van der Waals surface area contributed by atoms with E-state index < -0.39 is 24.0 Å². The summed E-state index contributed by atoms with van der Waals surface area (Å²) in [5.41, 5.74) is 10.5. The minimum absolute atomic E-state index is 0.0712. The molecule has 0 aliphatic rings. The van der Waals surface area contributed by atoms with Crippen LogP contribution in [0.15, 0.2) is 158 Å². The Morgan fingerprint density at radius 1 is 0.579 bits per heavy atom. The molecule has 0 aliphatic heterocycles. The highest BCUT2D eigenvalue weighted by molar-refractivity contribution is 6.32. The maximum atomic E-state index is 12.4. The van der Waals surface area contributed by atoms with Gasteiger partial charge in [0.15, 0.2) is 0 Å². The van der Waals surface area contributed by atoms with E-state index in [0.717, 1.165) is 38.9 Å². The first-order valence-electron chi connectivity index (χ1n) is 24.0. The second-order valence-electron chi connectivity index (χ2n) is 17.7. The van der Waals surface area contributed by atoms with Crippen LogP contribution < -0.4 is 29.6 Å². The van der Waals surface area contributed by atoms with Gasteiger partial charge < -0.3 is 34.6 Å². The second kappa shape index (κ2) is 25.6. The monoisotopic (exact) mass is 1050 g/mol. The number of pyridine rings is 2. The van der Waals surface area contributed by atoms with Crippen molar-refractivity contribution in [2.75, 3.05) is 0 Å². The number of carboxylic acids is 2. The van der Waals surface area contributed by atoms with Crippen LogP contribution in [0.5, 0.6) is 23.0 Å². The summed E-state index contributed by atoms with van der Waals surface area (Å²) in [4.78, 5) is 33.1. The lowest BCUT2D eigenvalue weighted by Gasteiger charge is -2.20. The minimum Gasteiger partial charge on any atom is -0.488 e. The number of hydrogen-bond donors (Lipinski definition) is 5. The lowest BCUT2D eigenvalue weighted by atomic mass is 9.92. The summed E-state index contributed by atoms with van der Waals surface area (Å²) in [5, 5.41) is 44.2. The van der Waals surface area contributed by atoms with E-state index in [4.69, 9.17) is 47.6 Å². The van der Waals surface area contributed by atoms with Gasteiger partial charge in [-0.1, -0.05) is 120 Å². The first-order valence-corrected chi connectivity index (χ1v) is 24.8. The van der Waals surface area contributed by atoms with Gasteiger partial charge in [0.2, 0.25) is 0 Å². The number of ether oxygens (including phenoxy) is 4. The number of nitriles is 1. The van der Waals surface area contributed by atoms with Gasteiger partial charge in [-0.25, -0.2) is 0 Å². The van der Waals surface area contributed by atoms with Gasteiger partial charge in [-0.3, -0.25) is 30.2 Å². The number of halogens is 2.